The zero-order valence-electron chi connectivity index (χ0n) is 9.59. The van der Waals surface area contributed by atoms with Crippen molar-refractivity contribution in [3.8, 4) is 0 Å². The molecule has 0 spiro atoms. The number of thioether (sulfide) groups is 1. The third kappa shape index (κ3) is 3.08. The molecule has 2 amide bonds. The molecular formula is C12H12N2O2S2. The van der Waals surface area contributed by atoms with Crippen molar-refractivity contribution < 1.29 is 9.59 Å². The Bertz CT molecular complexity index is 476. The van der Waals surface area contributed by atoms with Gasteiger partial charge in [-0.1, -0.05) is 42.2 Å². The molecule has 0 aromatic heterocycles. The van der Waals surface area contributed by atoms with Crippen LogP contribution in [0.1, 0.15) is 10.4 Å². The maximum Gasteiger partial charge on any atom is 0.251 e. The van der Waals surface area contributed by atoms with Crippen LogP contribution in [0.15, 0.2) is 30.3 Å². The largest absolute Gasteiger partial charge is 0.343 e. The standard InChI is InChI=1S/C12H12N2O2S2/c15-10(14-6-7-18-12(14)17)8-13-11(16)9-4-2-1-3-5-9/h1-5H,6-8H2,(H,13,16). The third-order valence-electron chi connectivity index (χ3n) is 2.50. The average molecular weight is 280 g/mol. The van der Waals surface area contributed by atoms with Crippen LogP contribution in [-0.2, 0) is 4.79 Å². The molecule has 1 aromatic rings. The SMILES string of the molecule is O=C(NCC(=O)N1CCSC1=S)c1ccccc1. The van der Waals surface area contributed by atoms with Crippen LogP contribution in [0.25, 0.3) is 0 Å². The Kier molecular flexibility index (Phi) is 4.33. The Labute approximate surface area is 115 Å². The van der Waals surface area contributed by atoms with Crippen molar-refractivity contribution in [2.24, 2.45) is 0 Å². The average Bonchev–Trinajstić information content (AvgIpc) is 2.83. The summed E-state index contributed by atoms with van der Waals surface area (Å²) in [5, 5.41) is 2.60. The summed E-state index contributed by atoms with van der Waals surface area (Å²) in [6, 6.07) is 8.81. The number of nitrogens with one attached hydrogen (secondary N) is 1. The summed E-state index contributed by atoms with van der Waals surface area (Å²) < 4.78 is 0.592. The number of nitrogens with zero attached hydrogens (tertiary/aromatic N) is 1. The molecule has 1 N–H and O–H groups in total. The zero-order valence-corrected chi connectivity index (χ0v) is 11.2. The van der Waals surface area contributed by atoms with Crippen molar-refractivity contribution in [2.45, 2.75) is 0 Å². The van der Waals surface area contributed by atoms with E-state index in [1.165, 1.54) is 16.7 Å². The van der Waals surface area contributed by atoms with E-state index in [4.69, 9.17) is 12.2 Å². The van der Waals surface area contributed by atoms with E-state index >= 15 is 0 Å². The summed E-state index contributed by atoms with van der Waals surface area (Å²) in [6.07, 6.45) is 0. The van der Waals surface area contributed by atoms with E-state index in [9.17, 15) is 9.59 Å². The van der Waals surface area contributed by atoms with E-state index in [1.54, 1.807) is 24.3 Å². The van der Waals surface area contributed by atoms with Gasteiger partial charge in [-0.15, -0.1) is 0 Å². The van der Waals surface area contributed by atoms with E-state index in [1.807, 2.05) is 6.07 Å². The number of hydrogen-bond acceptors (Lipinski definition) is 4. The zero-order chi connectivity index (χ0) is 13.0. The fourth-order valence-corrected chi connectivity index (χ4v) is 2.80. The molecule has 94 valence electrons. The Balaban J connectivity index is 1.86. The molecule has 1 heterocycles. The Morgan fingerprint density at radius 1 is 1.33 bits per heavy atom. The molecule has 1 aromatic carbocycles. The van der Waals surface area contributed by atoms with E-state index in [0.29, 0.717) is 16.4 Å². The summed E-state index contributed by atoms with van der Waals surface area (Å²) in [6.45, 7) is 0.609. The predicted octanol–water partition coefficient (Wildman–Crippen LogP) is 1.28. The summed E-state index contributed by atoms with van der Waals surface area (Å²) in [7, 11) is 0. The second kappa shape index (κ2) is 5.97. The highest BCUT2D eigenvalue weighted by Crippen LogP contribution is 2.17. The van der Waals surface area contributed by atoms with Crippen molar-refractivity contribution in [3.05, 3.63) is 35.9 Å². The van der Waals surface area contributed by atoms with Crippen LogP contribution in [0.5, 0.6) is 0 Å². The lowest BCUT2D eigenvalue weighted by Crippen LogP contribution is -2.40. The van der Waals surface area contributed by atoms with Crippen molar-refractivity contribution in [1.82, 2.24) is 10.2 Å². The number of rotatable bonds is 3. The van der Waals surface area contributed by atoms with Gasteiger partial charge in [-0.25, -0.2) is 0 Å². The Hall–Kier alpha value is -1.40. The van der Waals surface area contributed by atoms with E-state index in [0.717, 1.165) is 5.75 Å². The molecule has 1 saturated heterocycles. The van der Waals surface area contributed by atoms with E-state index < -0.39 is 0 Å². The number of amides is 2. The van der Waals surface area contributed by atoms with Crippen LogP contribution in [0, 0.1) is 0 Å². The molecule has 0 saturated carbocycles. The highest BCUT2D eigenvalue weighted by molar-refractivity contribution is 8.23. The fraction of sp³-hybridized carbons (Fsp3) is 0.250. The van der Waals surface area contributed by atoms with Gasteiger partial charge in [-0.3, -0.25) is 14.5 Å². The minimum atomic E-state index is -0.248. The van der Waals surface area contributed by atoms with Crippen molar-refractivity contribution in [1.29, 1.82) is 0 Å². The van der Waals surface area contributed by atoms with Gasteiger partial charge in [0.1, 0.15) is 4.32 Å². The molecule has 0 unspecified atom stereocenters. The number of carbonyl (C=O) groups is 2. The van der Waals surface area contributed by atoms with Crippen LogP contribution in [0.4, 0.5) is 0 Å². The molecule has 0 bridgehead atoms. The lowest BCUT2D eigenvalue weighted by molar-refractivity contribution is -0.125. The highest BCUT2D eigenvalue weighted by Gasteiger charge is 2.23. The normalized spacial score (nSPS) is 14.7. The van der Waals surface area contributed by atoms with Crippen LogP contribution >= 0.6 is 24.0 Å². The highest BCUT2D eigenvalue weighted by atomic mass is 32.2. The Morgan fingerprint density at radius 2 is 2.06 bits per heavy atom. The van der Waals surface area contributed by atoms with Crippen LogP contribution in [0.3, 0.4) is 0 Å². The summed E-state index contributed by atoms with van der Waals surface area (Å²) in [5.74, 6) is 0.424. The first-order chi connectivity index (χ1) is 8.68. The maximum absolute atomic E-state index is 11.8. The molecule has 2 rings (SSSR count). The molecule has 1 aliphatic rings. The quantitative estimate of drug-likeness (QED) is 0.847. The topological polar surface area (TPSA) is 49.4 Å². The van der Waals surface area contributed by atoms with Crippen LogP contribution in [0.2, 0.25) is 0 Å². The van der Waals surface area contributed by atoms with Crippen LogP contribution < -0.4 is 5.32 Å². The molecule has 0 aliphatic carbocycles. The van der Waals surface area contributed by atoms with Gasteiger partial charge >= 0.3 is 0 Å². The molecule has 0 radical (unpaired) electrons. The number of benzene rings is 1. The smallest absolute Gasteiger partial charge is 0.251 e. The van der Waals surface area contributed by atoms with Gasteiger partial charge < -0.3 is 5.32 Å². The van der Waals surface area contributed by atoms with E-state index in [-0.39, 0.29) is 18.4 Å². The molecule has 1 aliphatic heterocycles. The molecule has 18 heavy (non-hydrogen) atoms. The fourth-order valence-electron chi connectivity index (χ4n) is 1.56. The maximum atomic E-state index is 11.8. The van der Waals surface area contributed by atoms with Gasteiger partial charge in [-0.05, 0) is 12.1 Å². The number of carbonyl (C=O) groups excluding carboxylic acids is 2. The third-order valence-corrected chi connectivity index (χ3v) is 3.93. The van der Waals surface area contributed by atoms with Gasteiger partial charge in [0.2, 0.25) is 5.91 Å². The van der Waals surface area contributed by atoms with Gasteiger partial charge in [0.25, 0.3) is 5.91 Å². The number of thiocarbonyl (C=S) groups is 1. The first-order valence-electron chi connectivity index (χ1n) is 5.49. The number of hydrogen-bond donors (Lipinski definition) is 1. The van der Waals surface area contributed by atoms with Gasteiger partial charge in [0, 0.05) is 17.9 Å². The lowest BCUT2D eigenvalue weighted by Gasteiger charge is -2.14. The predicted molar refractivity (Wildman–Crippen MR) is 75.5 cm³/mol. The lowest BCUT2D eigenvalue weighted by atomic mass is 10.2. The molecule has 4 nitrogen and oxygen atoms in total. The molecule has 0 atom stereocenters. The summed E-state index contributed by atoms with van der Waals surface area (Å²) in [5.41, 5.74) is 0.545. The van der Waals surface area contributed by atoms with Gasteiger partial charge in [-0.2, -0.15) is 0 Å². The minimum absolute atomic E-state index is 0.0194. The van der Waals surface area contributed by atoms with Crippen molar-refractivity contribution in [2.75, 3.05) is 18.8 Å². The summed E-state index contributed by atoms with van der Waals surface area (Å²) in [4.78, 5) is 25.1. The van der Waals surface area contributed by atoms with Gasteiger partial charge in [0.15, 0.2) is 0 Å². The van der Waals surface area contributed by atoms with E-state index in [2.05, 4.69) is 5.32 Å². The first kappa shape index (κ1) is 13.0. The molecule has 6 heteroatoms. The van der Waals surface area contributed by atoms with Gasteiger partial charge in [0.05, 0.1) is 6.54 Å². The summed E-state index contributed by atoms with van der Waals surface area (Å²) >= 11 is 6.53. The van der Waals surface area contributed by atoms with Crippen molar-refractivity contribution in [3.63, 3.8) is 0 Å². The van der Waals surface area contributed by atoms with Crippen LogP contribution in [-0.4, -0.2) is 39.9 Å². The van der Waals surface area contributed by atoms with Crippen molar-refractivity contribution >= 4 is 40.1 Å². The molecular weight excluding hydrogens is 268 g/mol. The second-order valence-corrected chi connectivity index (χ2v) is 5.44. The second-order valence-electron chi connectivity index (χ2n) is 3.71. The Morgan fingerprint density at radius 3 is 2.67 bits per heavy atom. The monoisotopic (exact) mass is 280 g/mol. The molecule has 1 fully saturated rings. The minimum Gasteiger partial charge on any atom is -0.343 e. The first-order valence-corrected chi connectivity index (χ1v) is 6.88.